The van der Waals surface area contributed by atoms with E-state index in [0.717, 1.165) is 38.3 Å². The predicted molar refractivity (Wildman–Crippen MR) is 81.6 cm³/mol. The Hall–Kier alpha value is -2.14. The summed E-state index contributed by atoms with van der Waals surface area (Å²) in [5.41, 5.74) is 1.59. The van der Waals surface area contributed by atoms with E-state index in [1.807, 2.05) is 39.8 Å². The molecule has 2 aromatic rings. The summed E-state index contributed by atoms with van der Waals surface area (Å²) in [6.07, 6.45) is 4.37. The Morgan fingerprint density at radius 2 is 1.90 bits per heavy atom. The minimum Gasteiger partial charge on any atom is -0.336 e. The van der Waals surface area contributed by atoms with Crippen LogP contribution in [0.4, 0.5) is 0 Å². The molecule has 1 aliphatic heterocycles. The molecule has 1 aliphatic rings. The van der Waals surface area contributed by atoms with Gasteiger partial charge in [0.1, 0.15) is 5.69 Å². The van der Waals surface area contributed by atoms with Gasteiger partial charge < -0.3 is 9.80 Å². The van der Waals surface area contributed by atoms with Crippen molar-refractivity contribution in [1.82, 2.24) is 19.4 Å². The van der Waals surface area contributed by atoms with E-state index in [4.69, 9.17) is 0 Å². The Bertz CT molecular complexity index is 608. The zero-order chi connectivity index (χ0) is 14.7. The number of hydrogen-bond donors (Lipinski definition) is 0. The lowest BCUT2D eigenvalue weighted by atomic mass is 10.3. The molecule has 3 rings (SSSR count). The van der Waals surface area contributed by atoms with Crippen molar-refractivity contribution in [3.05, 3.63) is 48.5 Å². The molecule has 0 atom stereocenters. The molecule has 0 radical (unpaired) electrons. The van der Waals surface area contributed by atoms with Crippen molar-refractivity contribution in [3.8, 4) is 5.69 Å². The first-order valence-electron chi connectivity index (χ1n) is 7.31. The average Bonchev–Trinajstić information content (AvgIpc) is 2.90. The molecule has 21 heavy (non-hydrogen) atoms. The van der Waals surface area contributed by atoms with Gasteiger partial charge in [-0.3, -0.25) is 9.36 Å². The van der Waals surface area contributed by atoms with E-state index < -0.39 is 0 Å². The van der Waals surface area contributed by atoms with Crippen molar-refractivity contribution in [1.29, 1.82) is 0 Å². The average molecular weight is 284 g/mol. The predicted octanol–water partition coefficient (Wildman–Crippen LogP) is 1.65. The maximum Gasteiger partial charge on any atom is 0.272 e. The smallest absolute Gasteiger partial charge is 0.272 e. The molecule has 2 heterocycles. The highest BCUT2D eigenvalue weighted by atomic mass is 16.2. The second-order valence-electron chi connectivity index (χ2n) is 5.43. The van der Waals surface area contributed by atoms with E-state index in [0.29, 0.717) is 5.69 Å². The molecule has 1 fully saturated rings. The fourth-order valence-electron chi connectivity index (χ4n) is 2.66. The molecule has 0 aliphatic carbocycles. The van der Waals surface area contributed by atoms with Gasteiger partial charge >= 0.3 is 0 Å². The van der Waals surface area contributed by atoms with Gasteiger partial charge in [0.05, 0.1) is 12.5 Å². The maximum absolute atomic E-state index is 12.8. The fraction of sp³-hybridized carbons (Fsp3) is 0.375. The van der Waals surface area contributed by atoms with E-state index in [-0.39, 0.29) is 5.91 Å². The first-order chi connectivity index (χ1) is 10.3. The lowest BCUT2D eigenvalue weighted by Crippen LogP contribution is -2.35. The third-order valence-electron chi connectivity index (χ3n) is 3.90. The Morgan fingerprint density at radius 1 is 1.10 bits per heavy atom. The van der Waals surface area contributed by atoms with Crippen LogP contribution in [-0.4, -0.2) is 58.5 Å². The summed E-state index contributed by atoms with van der Waals surface area (Å²) in [7, 11) is 2.10. The number of para-hydroxylation sites is 1. The van der Waals surface area contributed by atoms with E-state index in [2.05, 4.69) is 16.9 Å². The van der Waals surface area contributed by atoms with Crippen LogP contribution in [0.1, 0.15) is 16.9 Å². The van der Waals surface area contributed by atoms with Gasteiger partial charge in [-0.05, 0) is 32.1 Å². The maximum atomic E-state index is 12.8. The zero-order valence-electron chi connectivity index (χ0n) is 12.3. The summed E-state index contributed by atoms with van der Waals surface area (Å²) in [6.45, 7) is 3.55. The van der Waals surface area contributed by atoms with Crippen LogP contribution in [0, 0.1) is 0 Å². The molecule has 0 spiro atoms. The number of carbonyl (C=O) groups is 1. The molecule has 0 unspecified atom stereocenters. The van der Waals surface area contributed by atoms with Gasteiger partial charge in [-0.2, -0.15) is 0 Å². The molecule has 0 N–H and O–H groups in total. The Morgan fingerprint density at radius 3 is 2.71 bits per heavy atom. The highest BCUT2D eigenvalue weighted by Crippen LogP contribution is 2.14. The molecular weight excluding hydrogens is 264 g/mol. The number of hydrogen-bond acceptors (Lipinski definition) is 3. The number of imidazole rings is 1. The third-order valence-corrected chi connectivity index (χ3v) is 3.90. The molecule has 1 aromatic heterocycles. The monoisotopic (exact) mass is 284 g/mol. The van der Waals surface area contributed by atoms with Crippen molar-refractivity contribution in [2.75, 3.05) is 33.2 Å². The van der Waals surface area contributed by atoms with Crippen LogP contribution in [0.25, 0.3) is 5.69 Å². The summed E-state index contributed by atoms with van der Waals surface area (Å²) in [6, 6.07) is 9.85. The number of aromatic nitrogens is 2. The summed E-state index contributed by atoms with van der Waals surface area (Å²) in [5, 5.41) is 0. The fourth-order valence-corrected chi connectivity index (χ4v) is 2.66. The van der Waals surface area contributed by atoms with E-state index in [9.17, 15) is 4.79 Å². The van der Waals surface area contributed by atoms with E-state index >= 15 is 0 Å². The second kappa shape index (κ2) is 6.10. The molecule has 5 nitrogen and oxygen atoms in total. The number of carbonyl (C=O) groups excluding carboxylic acids is 1. The molecule has 0 bridgehead atoms. The van der Waals surface area contributed by atoms with Crippen LogP contribution in [0.2, 0.25) is 0 Å². The molecule has 0 saturated carbocycles. The van der Waals surface area contributed by atoms with Crippen molar-refractivity contribution < 1.29 is 4.79 Å². The Labute approximate surface area is 124 Å². The van der Waals surface area contributed by atoms with Crippen molar-refractivity contribution in [2.45, 2.75) is 6.42 Å². The number of nitrogens with zero attached hydrogens (tertiary/aromatic N) is 4. The van der Waals surface area contributed by atoms with Crippen LogP contribution in [0.3, 0.4) is 0 Å². The lowest BCUT2D eigenvalue weighted by molar-refractivity contribution is 0.0755. The summed E-state index contributed by atoms with van der Waals surface area (Å²) in [5.74, 6) is 0.0617. The topological polar surface area (TPSA) is 41.4 Å². The van der Waals surface area contributed by atoms with Gasteiger partial charge in [0.25, 0.3) is 5.91 Å². The Balaban J connectivity index is 1.84. The second-order valence-corrected chi connectivity index (χ2v) is 5.43. The van der Waals surface area contributed by atoms with Crippen LogP contribution < -0.4 is 0 Å². The molecule has 5 heteroatoms. The zero-order valence-corrected chi connectivity index (χ0v) is 12.3. The van der Waals surface area contributed by atoms with E-state index in [1.54, 1.807) is 12.5 Å². The van der Waals surface area contributed by atoms with Gasteiger partial charge in [0.15, 0.2) is 0 Å². The van der Waals surface area contributed by atoms with Gasteiger partial charge in [0, 0.05) is 25.3 Å². The van der Waals surface area contributed by atoms with Crippen LogP contribution in [0.5, 0.6) is 0 Å². The summed E-state index contributed by atoms with van der Waals surface area (Å²) >= 11 is 0. The van der Waals surface area contributed by atoms with Crippen molar-refractivity contribution in [3.63, 3.8) is 0 Å². The van der Waals surface area contributed by atoms with Crippen LogP contribution in [0.15, 0.2) is 42.9 Å². The van der Waals surface area contributed by atoms with Crippen molar-refractivity contribution >= 4 is 5.91 Å². The largest absolute Gasteiger partial charge is 0.336 e. The highest BCUT2D eigenvalue weighted by Gasteiger charge is 2.22. The molecule has 1 aromatic carbocycles. The van der Waals surface area contributed by atoms with E-state index in [1.165, 1.54) is 0 Å². The number of amides is 1. The van der Waals surface area contributed by atoms with Gasteiger partial charge in [-0.15, -0.1) is 0 Å². The standard InChI is InChI=1S/C16H20N4O/c1-18-8-5-9-19(11-10-18)16(21)15-12-17-13-20(15)14-6-3-2-4-7-14/h2-4,6-7,12-13H,5,8-11H2,1H3. The summed E-state index contributed by atoms with van der Waals surface area (Å²) < 4.78 is 1.86. The highest BCUT2D eigenvalue weighted by molar-refractivity contribution is 5.93. The van der Waals surface area contributed by atoms with Gasteiger partial charge in [-0.25, -0.2) is 4.98 Å². The SMILES string of the molecule is CN1CCCN(C(=O)c2cncn2-c2ccccc2)CC1. The summed E-state index contributed by atoms with van der Waals surface area (Å²) in [4.78, 5) is 21.1. The first kappa shape index (κ1) is 13.8. The van der Waals surface area contributed by atoms with Crippen LogP contribution in [-0.2, 0) is 0 Å². The molecule has 1 amide bonds. The van der Waals surface area contributed by atoms with Gasteiger partial charge in [-0.1, -0.05) is 18.2 Å². The Kier molecular flexibility index (Phi) is 4.01. The third kappa shape index (κ3) is 2.97. The normalized spacial score (nSPS) is 16.7. The lowest BCUT2D eigenvalue weighted by Gasteiger charge is -2.21. The molecular formula is C16H20N4O. The van der Waals surface area contributed by atoms with Crippen LogP contribution >= 0.6 is 0 Å². The van der Waals surface area contributed by atoms with Gasteiger partial charge in [0.2, 0.25) is 0 Å². The number of likely N-dealkylation sites (N-methyl/N-ethyl adjacent to an activating group) is 1. The molecule has 1 saturated heterocycles. The first-order valence-corrected chi connectivity index (χ1v) is 7.31. The number of benzene rings is 1. The minimum atomic E-state index is 0.0617. The number of rotatable bonds is 2. The quantitative estimate of drug-likeness (QED) is 0.842. The molecule has 110 valence electrons. The van der Waals surface area contributed by atoms with Crippen molar-refractivity contribution in [2.24, 2.45) is 0 Å². The minimum absolute atomic E-state index is 0.0617.